The summed E-state index contributed by atoms with van der Waals surface area (Å²) in [7, 11) is -3.62. The second kappa shape index (κ2) is 7.98. The highest BCUT2D eigenvalue weighted by Gasteiger charge is 2.16. The average Bonchev–Trinajstić information content (AvgIpc) is 2.55. The Bertz CT molecular complexity index is 806. The van der Waals surface area contributed by atoms with Gasteiger partial charge in [-0.1, -0.05) is 54.1 Å². The molecule has 0 aliphatic heterocycles. The molecule has 3 nitrogen and oxygen atoms in total. The largest absolute Gasteiger partial charge is 0.234 e. The molecule has 1 N–H and O–H groups in total. The second-order valence-electron chi connectivity index (χ2n) is 4.89. The number of hydrogen-bond donors (Lipinski definition) is 1. The van der Waals surface area contributed by atoms with Crippen LogP contribution in [0.2, 0.25) is 5.02 Å². The lowest BCUT2D eigenvalue weighted by Gasteiger charge is -2.15. The van der Waals surface area contributed by atoms with Gasteiger partial charge in [0.1, 0.15) is 0 Å². The van der Waals surface area contributed by atoms with E-state index in [0.29, 0.717) is 5.02 Å². The summed E-state index contributed by atoms with van der Waals surface area (Å²) in [4.78, 5) is 0. The van der Waals surface area contributed by atoms with Crippen LogP contribution in [-0.4, -0.2) is 8.42 Å². The molecule has 2 aromatic rings. The quantitative estimate of drug-likeness (QED) is 0.804. The number of halogens is 1. The molecule has 23 heavy (non-hydrogen) atoms. The van der Waals surface area contributed by atoms with E-state index >= 15 is 0 Å². The first-order valence-electron chi connectivity index (χ1n) is 6.94. The smallest absolute Gasteiger partial charge is 0.208 e. The van der Waals surface area contributed by atoms with E-state index in [9.17, 15) is 8.42 Å². The van der Waals surface area contributed by atoms with Gasteiger partial charge in [-0.05, 0) is 29.3 Å². The van der Waals surface area contributed by atoms with Gasteiger partial charge in [0.05, 0.1) is 6.04 Å². The third kappa shape index (κ3) is 5.57. The van der Waals surface area contributed by atoms with Gasteiger partial charge >= 0.3 is 0 Å². The van der Waals surface area contributed by atoms with Gasteiger partial charge in [0.25, 0.3) is 0 Å². The van der Waals surface area contributed by atoms with E-state index in [4.69, 9.17) is 18.0 Å². The fourth-order valence-corrected chi connectivity index (χ4v) is 3.17. The Morgan fingerprint density at radius 2 is 1.78 bits per heavy atom. The van der Waals surface area contributed by atoms with Crippen molar-refractivity contribution in [3.05, 3.63) is 76.2 Å². The number of terminal acetylenes is 1. The highest BCUT2D eigenvalue weighted by atomic mass is 35.5. The monoisotopic (exact) mass is 345 g/mol. The van der Waals surface area contributed by atoms with Crippen LogP contribution in [0.1, 0.15) is 23.6 Å². The summed E-state index contributed by atoms with van der Waals surface area (Å²) in [6.07, 6.45) is 7.14. The topological polar surface area (TPSA) is 46.2 Å². The Kier molecular flexibility index (Phi) is 6.00. The third-order valence-electron chi connectivity index (χ3n) is 3.14. The van der Waals surface area contributed by atoms with Crippen molar-refractivity contribution in [1.29, 1.82) is 0 Å². The zero-order valence-electron chi connectivity index (χ0n) is 12.3. The molecule has 1 atom stereocenters. The summed E-state index contributed by atoms with van der Waals surface area (Å²) >= 11 is 5.80. The first-order valence-corrected chi connectivity index (χ1v) is 8.87. The Labute approximate surface area is 142 Å². The van der Waals surface area contributed by atoms with Gasteiger partial charge in [-0.2, -0.15) is 0 Å². The maximum Gasteiger partial charge on any atom is 0.234 e. The van der Waals surface area contributed by atoms with Crippen molar-refractivity contribution < 1.29 is 8.42 Å². The minimum absolute atomic E-state index is 0.276. The van der Waals surface area contributed by atoms with Gasteiger partial charge < -0.3 is 0 Å². The van der Waals surface area contributed by atoms with Crippen LogP contribution in [0.3, 0.4) is 0 Å². The van der Waals surface area contributed by atoms with E-state index < -0.39 is 16.1 Å². The summed E-state index contributed by atoms with van der Waals surface area (Å²) in [5.41, 5.74) is 1.57. The van der Waals surface area contributed by atoms with Crippen molar-refractivity contribution >= 4 is 27.7 Å². The van der Waals surface area contributed by atoms with Gasteiger partial charge in [0, 0.05) is 16.9 Å². The Morgan fingerprint density at radius 3 is 2.39 bits per heavy atom. The Hall–Kier alpha value is -2.06. The lowest BCUT2D eigenvalue weighted by atomic mass is 10.1. The van der Waals surface area contributed by atoms with Gasteiger partial charge in [0.15, 0.2) is 0 Å². The van der Waals surface area contributed by atoms with Crippen LogP contribution >= 0.6 is 11.6 Å². The number of benzene rings is 2. The second-order valence-corrected chi connectivity index (χ2v) is 6.92. The minimum Gasteiger partial charge on any atom is -0.208 e. The fourth-order valence-electron chi connectivity index (χ4n) is 2.01. The predicted molar refractivity (Wildman–Crippen MR) is 95.2 cm³/mol. The van der Waals surface area contributed by atoms with E-state index in [0.717, 1.165) is 16.5 Å². The molecule has 0 saturated heterocycles. The molecule has 0 aliphatic carbocycles. The van der Waals surface area contributed by atoms with Gasteiger partial charge in [-0.15, -0.1) is 12.3 Å². The van der Waals surface area contributed by atoms with Crippen molar-refractivity contribution in [2.45, 2.75) is 12.5 Å². The first kappa shape index (κ1) is 17.3. The number of rotatable bonds is 6. The molecule has 5 heteroatoms. The van der Waals surface area contributed by atoms with Crippen molar-refractivity contribution in [2.24, 2.45) is 0 Å². The SMILES string of the molecule is C#CCC(NS(=O)(=O)C=Cc1ccc(Cl)cc1)c1ccccc1. The molecular formula is C18H16ClNO2S. The summed E-state index contributed by atoms with van der Waals surface area (Å²) in [5.74, 6) is 2.50. The molecule has 0 aliphatic rings. The zero-order valence-corrected chi connectivity index (χ0v) is 13.9. The molecule has 0 bridgehead atoms. The first-order chi connectivity index (χ1) is 11.0. The maximum absolute atomic E-state index is 12.2. The fraction of sp³-hybridized carbons (Fsp3) is 0.111. The molecule has 118 valence electrons. The van der Waals surface area contributed by atoms with Crippen LogP contribution in [0.5, 0.6) is 0 Å². The molecule has 0 heterocycles. The van der Waals surface area contributed by atoms with Crippen LogP contribution in [-0.2, 0) is 10.0 Å². The summed E-state index contributed by atoms with van der Waals surface area (Å²) in [6, 6.07) is 15.7. The van der Waals surface area contributed by atoms with E-state index in [1.165, 1.54) is 6.08 Å². The molecule has 0 radical (unpaired) electrons. The molecule has 2 aromatic carbocycles. The lowest BCUT2D eigenvalue weighted by Crippen LogP contribution is -2.26. The van der Waals surface area contributed by atoms with E-state index in [-0.39, 0.29) is 6.42 Å². The molecule has 0 amide bonds. The summed E-state index contributed by atoms with van der Waals surface area (Å²) in [5, 5.41) is 1.73. The van der Waals surface area contributed by atoms with Crippen molar-refractivity contribution in [2.75, 3.05) is 0 Å². The molecular weight excluding hydrogens is 330 g/mol. The van der Waals surface area contributed by atoms with Gasteiger partial charge in [0.2, 0.25) is 10.0 Å². The molecule has 0 spiro atoms. The minimum atomic E-state index is -3.62. The standard InChI is InChI=1S/C18H16ClNO2S/c1-2-6-18(16-7-4-3-5-8-16)20-23(21,22)14-13-15-9-11-17(19)12-10-15/h1,3-5,7-14,18,20H,6H2. The van der Waals surface area contributed by atoms with Crippen LogP contribution < -0.4 is 4.72 Å². The Balaban J connectivity index is 2.15. The van der Waals surface area contributed by atoms with Gasteiger partial charge in [-0.3, -0.25) is 0 Å². The number of hydrogen-bond acceptors (Lipinski definition) is 2. The van der Waals surface area contributed by atoms with Crippen LogP contribution in [0, 0.1) is 12.3 Å². The molecule has 0 aromatic heterocycles. The van der Waals surface area contributed by atoms with E-state index in [1.807, 2.05) is 30.3 Å². The van der Waals surface area contributed by atoms with Crippen molar-refractivity contribution in [3.8, 4) is 12.3 Å². The predicted octanol–water partition coefficient (Wildman–Crippen LogP) is 3.99. The third-order valence-corrected chi connectivity index (χ3v) is 4.50. The maximum atomic E-state index is 12.2. The molecule has 0 saturated carbocycles. The Morgan fingerprint density at radius 1 is 1.13 bits per heavy atom. The summed E-state index contributed by atoms with van der Waals surface area (Å²) < 4.78 is 27.1. The van der Waals surface area contributed by atoms with Crippen LogP contribution in [0.15, 0.2) is 60.0 Å². The van der Waals surface area contributed by atoms with Crippen LogP contribution in [0.4, 0.5) is 0 Å². The average molecular weight is 346 g/mol. The molecule has 2 rings (SSSR count). The van der Waals surface area contributed by atoms with Crippen molar-refractivity contribution in [1.82, 2.24) is 4.72 Å². The van der Waals surface area contributed by atoms with Crippen LogP contribution in [0.25, 0.3) is 6.08 Å². The zero-order chi connectivity index (χ0) is 16.7. The molecule has 0 fully saturated rings. The molecule has 1 unspecified atom stereocenters. The van der Waals surface area contributed by atoms with E-state index in [1.54, 1.807) is 24.3 Å². The number of sulfonamides is 1. The highest BCUT2D eigenvalue weighted by molar-refractivity contribution is 7.92. The normalized spacial score (nSPS) is 12.9. The lowest BCUT2D eigenvalue weighted by molar-refractivity contribution is 0.568. The highest BCUT2D eigenvalue weighted by Crippen LogP contribution is 2.18. The van der Waals surface area contributed by atoms with Gasteiger partial charge in [-0.25, -0.2) is 13.1 Å². The summed E-state index contributed by atoms with van der Waals surface area (Å²) in [6.45, 7) is 0. The van der Waals surface area contributed by atoms with Crippen molar-refractivity contribution in [3.63, 3.8) is 0 Å². The number of nitrogens with one attached hydrogen (secondary N) is 1. The van der Waals surface area contributed by atoms with E-state index in [2.05, 4.69) is 10.6 Å².